The number of aliphatic hydroxyl groups excluding tert-OH is 1. The number of thioether (sulfide) groups is 1. The molecule has 0 aromatic carbocycles. The van der Waals surface area contributed by atoms with E-state index in [2.05, 4.69) is 11.9 Å². The van der Waals surface area contributed by atoms with Crippen molar-refractivity contribution in [2.24, 2.45) is 5.73 Å². The molecular formula is C11H21N3O2S. The van der Waals surface area contributed by atoms with Crippen molar-refractivity contribution in [1.82, 2.24) is 9.80 Å². The van der Waals surface area contributed by atoms with Gasteiger partial charge in [0, 0.05) is 25.4 Å². The lowest BCUT2D eigenvalue weighted by atomic mass is 10.2. The second-order valence-electron chi connectivity index (χ2n) is 4.99. The summed E-state index contributed by atoms with van der Waals surface area (Å²) < 4.78 is 0. The average Bonchev–Trinajstić information content (AvgIpc) is 2.86. The topological polar surface area (TPSA) is 69.8 Å². The molecule has 0 saturated carbocycles. The number of amides is 1. The molecule has 2 rings (SSSR count). The molecule has 0 radical (unpaired) electrons. The number of carbonyl (C=O) groups is 1. The van der Waals surface area contributed by atoms with Gasteiger partial charge >= 0.3 is 0 Å². The van der Waals surface area contributed by atoms with E-state index >= 15 is 0 Å². The van der Waals surface area contributed by atoms with Crippen LogP contribution >= 0.6 is 11.8 Å². The van der Waals surface area contributed by atoms with E-state index in [4.69, 9.17) is 5.73 Å². The third kappa shape index (κ3) is 2.31. The molecule has 1 amide bonds. The first-order valence-corrected chi connectivity index (χ1v) is 7.02. The van der Waals surface area contributed by atoms with Crippen molar-refractivity contribution in [3.8, 4) is 0 Å². The molecule has 6 heteroatoms. The van der Waals surface area contributed by atoms with Gasteiger partial charge in [-0.2, -0.15) is 0 Å². The number of likely N-dealkylation sites (tertiary alicyclic amines) is 1. The molecule has 2 saturated heterocycles. The summed E-state index contributed by atoms with van der Waals surface area (Å²) in [5, 5.41) is 9.37. The lowest BCUT2D eigenvalue weighted by Crippen LogP contribution is -2.50. The fourth-order valence-electron chi connectivity index (χ4n) is 2.49. The highest BCUT2D eigenvalue weighted by molar-refractivity contribution is 8.00. The van der Waals surface area contributed by atoms with Gasteiger partial charge in [0.15, 0.2) is 0 Å². The summed E-state index contributed by atoms with van der Waals surface area (Å²) in [6, 6.07) is -0.790. The molecule has 17 heavy (non-hydrogen) atoms. The molecule has 2 aliphatic heterocycles. The van der Waals surface area contributed by atoms with Crippen LogP contribution in [0.25, 0.3) is 0 Å². The van der Waals surface area contributed by atoms with Crippen LogP contribution in [0.15, 0.2) is 0 Å². The maximum Gasteiger partial charge on any atom is 0.242 e. The quantitative estimate of drug-likeness (QED) is 0.686. The molecular weight excluding hydrogens is 238 g/mol. The van der Waals surface area contributed by atoms with Crippen LogP contribution in [0.2, 0.25) is 0 Å². The third-order valence-corrected chi connectivity index (χ3v) is 5.39. The molecule has 1 unspecified atom stereocenters. The number of carbonyl (C=O) groups excluding carboxylic acids is 1. The van der Waals surface area contributed by atoms with Crippen molar-refractivity contribution in [2.45, 2.75) is 30.4 Å². The number of aliphatic hydroxyl groups is 1. The minimum Gasteiger partial charge on any atom is -0.391 e. The Balaban J connectivity index is 2.00. The summed E-state index contributed by atoms with van der Waals surface area (Å²) >= 11 is 1.93. The molecule has 0 aliphatic carbocycles. The Labute approximate surface area is 106 Å². The number of rotatable bonds is 2. The number of hydrogen-bond acceptors (Lipinski definition) is 5. The van der Waals surface area contributed by atoms with Crippen molar-refractivity contribution in [2.75, 3.05) is 32.4 Å². The Hall–Kier alpha value is -0.300. The third-order valence-electron chi connectivity index (χ3n) is 3.82. The van der Waals surface area contributed by atoms with E-state index in [1.165, 1.54) is 0 Å². The highest BCUT2D eigenvalue weighted by Gasteiger charge is 2.47. The van der Waals surface area contributed by atoms with Gasteiger partial charge in [0.25, 0.3) is 0 Å². The van der Waals surface area contributed by atoms with E-state index in [0.29, 0.717) is 0 Å². The Morgan fingerprint density at radius 2 is 2.24 bits per heavy atom. The molecule has 5 nitrogen and oxygen atoms in total. The van der Waals surface area contributed by atoms with E-state index in [1.807, 2.05) is 11.8 Å². The van der Waals surface area contributed by atoms with Gasteiger partial charge in [-0.05, 0) is 20.4 Å². The molecule has 0 bridgehead atoms. The first kappa shape index (κ1) is 13.1. The minimum atomic E-state index is -0.790. The van der Waals surface area contributed by atoms with Crippen molar-refractivity contribution in [1.29, 1.82) is 0 Å². The number of nitrogens with zero attached hydrogens (tertiary/aromatic N) is 2. The standard InChI is InChI=1S/C11H21N3O2S/c1-8(15)9(12)10(16)14-4-3-11(7-14)13(2)5-6-17-11/h8-9,15H,3-7,12H2,1-2H3/t8-,9+,11?/m1/s1. The van der Waals surface area contributed by atoms with Crippen LogP contribution in [0.5, 0.6) is 0 Å². The molecule has 0 aromatic heterocycles. The largest absolute Gasteiger partial charge is 0.391 e. The second-order valence-corrected chi connectivity index (χ2v) is 6.45. The van der Waals surface area contributed by atoms with Gasteiger partial charge < -0.3 is 15.7 Å². The minimum absolute atomic E-state index is 0.0913. The number of likely N-dealkylation sites (N-methyl/N-ethyl adjacent to an activating group) is 1. The van der Waals surface area contributed by atoms with Crippen LogP contribution in [-0.2, 0) is 4.79 Å². The Bertz CT molecular complexity index is 313. The maximum atomic E-state index is 12.0. The van der Waals surface area contributed by atoms with Crippen LogP contribution in [0.1, 0.15) is 13.3 Å². The second kappa shape index (κ2) is 4.76. The van der Waals surface area contributed by atoms with Crippen LogP contribution in [0, 0.1) is 0 Å². The van der Waals surface area contributed by atoms with Crippen LogP contribution in [-0.4, -0.2) is 70.3 Å². The van der Waals surface area contributed by atoms with Crippen molar-refractivity contribution in [3.05, 3.63) is 0 Å². The summed E-state index contributed by atoms with van der Waals surface area (Å²) in [7, 11) is 2.11. The van der Waals surface area contributed by atoms with Gasteiger partial charge in [0.1, 0.15) is 6.04 Å². The predicted molar refractivity (Wildman–Crippen MR) is 68.7 cm³/mol. The molecule has 2 aliphatic rings. The van der Waals surface area contributed by atoms with E-state index in [-0.39, 0.29) is 10.8 Å². The molecule has 3 atom stereocenters. The van der Waals surface area contributed by atoms with Gasteiger partial charge in [-0.15, -0.1) is 11.8 Å². The van der Waals surface area contributed by atoms with E-state index < -0.39 is 12.1 Å². The first-order valence-electron chi connectivity index (χ1n) is 6.04. The summed E-state index contributed by atoms with van der Waals surface area (Å²) in [4.78, 5) is 16.3. The molecule has 2 fully saturated rings. The van der Waals surface area contributed by atoms with Crippen molar-refractivity contribution >= 4 is 17.7 Å². The molecule has 3 N–H and O–H groups in total. The average molecular weight is 259 g/mol. The Morgan fingerprint density at radius 3 is 2.76 bits per heavy atom. The van der Waals surface area contributed by atoms with Gasteiger partial charge in [0.05, 0.1) is 11.0 Å². The number of hydrogen-bond donors (Lipinski definition) is 2. The summed E-state index contributed by atoms with van der Waals surface area (Å²) in [5.74, 6) is 0.999. The molecule has 0 aromatic rings. The molecule has 98 valence electrons. The summed E-state index contributed by atoms with van der Waals surface area (Å²) in [5.41, 5.74) is 5.70. The highest BCUT2D eigenvalue weighted by Crippen LogP contribution is 2.41. The van der Waals surface area contributed by atoms with Crippen LogP contribution < -0.4 is 5.73 Å². The van der Waals surface area contributed by atoms with Gasteiger partial charge in [-0.1, -0.05) is 0 Å². The first-order chi connectivity index (χ1) is 7.96. The van der Waals surface area contributed by atoms with Crippen LogP contribution in [0.3, 0.4) is 0 Å². The monoisotopic (exact) mass is 259 g/mol. The van der Waals surface area contributed by atoms with E-state index in [9.17, 15) is 9.90 Å². The lowest BCUT2D eigenvalue weighted by molar-refractivity contribution is -0.134. The zero-order valence-electron chi connectivity index (χ0n) is 10.4. The van der Waals surface area contributed by atoms with Gasteiger partial charge in [0.2, 0.25) is 5.91 Å². The highest BCUT2D eigenvalue weighted by atomic mass is 32.2. The SMILES string of the molecule is C[C@@H](O)[C@H](N)C(=O)N1CCC2(C1)SCCN2C. The zero-order chi connectivity index (χ0) is 12.6. The van der Waals surface area contributed by atoms with Crippen LogP contribution in [0.4, 0.5) is 0 Å². The lowest BCUT2D eigenvalue weighted by Gasteiger charge is -2.31. The summed E-state index contributed by atoms with van der Waals surface area (Å²) in [6.07, 6.45) is 0.208. The maximum absolute atomic E-state index is 12.0. The fourth-order valence-corrected chi connectivity index (χ4v) is 4.03. The van der Waals surface area contributed by atoms with Gasteiger partial charge in [-0.25, -0.2) is 0 Å². The van der Waals surface area contributed by atoms with Crippen molar-refractivity contribution < 1.29 is 9.90 Å². The summed E-state index contributed by atoms with van der Waals surface area (Å²) in [6.45, 7) is 4.12. The fraction of sp³-hybridized carbons (Fsp3) is 0.909. The Morgan fingerprint density at radius 1 is 1.53 bits per heavy atom. The zero-order valence-corrected chi connectivity index (χ0v) is 11.2. The van der Waals surface area contributed by atoms with E-state index in [1.54, 1.807) is 11.8 Å². The number of nitrogens with two attached hydrogens (primary N) is 1. The van der Waals surface area contributed by atoms with Gasteiger partial charge in [-0.3, -0.25) is 9.69 Å². The molecule has 1 spiro atoms. The predicted octanol–water partition coefficient (Wildman–Crippen LogP) is -0.698. The Kier molecular flexibility index (Phi) is 3.68. The molecule has 2 heterocycles. The van der Waals surface area contributed by atoms with Crippen molar-refractivity contribution in [3.63, 3.8) is 0 Å². The van der Waals surface area contributed by atoms with E-state index in [0.717, 1.165) is 31.8 Å². The normalized spacial score (nSPS) is 33.3. The smallest absolute Gasteiger partial charge is 0.242 e.